The van der Waals surface area contributed by atoms with Gasteiger partial charge < -0.3 is 5.11 Å². The smallest absolute Gasteiger partial charge is 0.310 e. The molecule has 84 valence electrons. The van der Waals surface area contributed by atoms with Crippen molar-refractivity contribution in [3.05, 3.63) is 42.0 Å². The Hall–Kier alpha value is -1.90. The Kier molecular flexibility index (Phi) is 4.45. The predicted molar refractivity (Wildman–Crippen MR) is 61.9 cm³/mol. The van der Waals surface area contributed by atoms with E-state index in [9.17, 15) is 9.59 Å². The number of carboxylic acid groups (broad SMARTS) is 1. The highest BCUT2D eigenvalue weighted by atomic mass is 16.4. The fourth-order valence-electron chi connectivity index (χ4n) is 1.24. The molecule has 0 saturated heterocycles. The molecule has 0 saturated carbocycles. The van der Waals surface area contributed by atoms with E-state index in [0.29, 0.717) is 0 Å². The summed E-state index contributed by atoms with van der Waals surface area (Å²) in [5.74, 6) is -1.72. The van der Waals surface area contributed by atoms with Crippen LogP contribution in [0.5, 0.6) is 0 Å². The van der Waals surface area contributed by atoms with E-state index in [1.54, 1.807) is 13.0 Å². The van der Waals surface area contributed by atoms with Crippen LogP contribution in [-0.4, -0.2) is 16.9 Å². The molecule has 0 aliphatic rings. The van der Waals surface area contributed by atoms with Crippen molar-refractivity contribution in [1.82, 2.24) is 0 Å². The topological polar surface area (TPSA) is 54.4 Å². The molecule has 1 unspecified atom stereocenters. The van der Waals surface area contributed by atoms with Crippen molar-refractivity contribution in [3.8, 4) is 0 Å². The van der Waals surface area contributed by atoms with Gasteiger partial charge in [0.15, 0.2) is 5.78 Å². The molecular formula is C13H14O3. The van der Waals surface area contributed by atoms with Crippen molar-refractivity contribution in [2.75, 3.05) is 0 Å². The van der Waals surface area contributed by atoms with E-state index in [2.05, 4.69) is 0 Å². The first-order valence-corrected chi connectivity index (χ1v) is 5.07. The van der Waals surface area contributed by atoms with Crippen LogP contribution in [0.15, 0.2) is 36.4 Å². The van der Waals surface area contributed by atoms with Gasteiger partial charge in [0.2, 0.25) is 0 Å². The lowest BCUT2D eigenvalue weighted by Gasteiger charge is -2.02. The van der Waals surface area contributed by atoms with Crippen LogP contribution >= 0.6 is 0 Å². The summed E-state index contributed by atoms with van der Waals surface area (Å²) in [7, 11) is 0. The van der Waals surface area contributed by atoms with Crippen molar-refractivity contribution in [3.63, 3.8) is 0 Å². The average Bonchev–Trinajstić information content (AvgIpc) is 2.26. The fraction of sp³-hybridized carbons (Fsp3) is 0.231. The van der Waals surface area contributed by atoms with Crippen LogP contribution in [0.2, 0.25) is 0 Å². The maximum Gasteiger partial charge on any atom is 0.310 e. The number of carboxylic acids is 1. The van der Waals surface area contributed by atoms with Crippen molar-refractivity contribution in [2.45, 2.75) is 13.3 Å². The summed E-state index contributed by atoms with van der Waals surface area (Å²) in [6, 6.07) is 9.57. The van der Waals surface area contributed by atoms with Crippen LogP contribution in [0, 0.1) is 5.92 Å². The van der Waals surface area contributed by atoms with E-state index in [1.807, 2.05) is 36.4 Å². The molecule has 1 aromatic carbocycles. The average molecular weight is 218 g/mol. The van der Waals surface area contributed by atoms with Crippen LogP contribution < -0.4 is 0 Å². The van der Waals surface area contributed by atoms with E-state index < -0.39 is 12.4 Å². The highest BCUT2D eigenvalue weighted by Crippen LogP contribution is 2.07. The number of benzene rings is 1. The minimum Gasteiger partial charge on any atom is -0.481 e. The first-order valence-electron chi connectivity index (χ1n) is 5.07. The summed E-state index contributed by atoms with van der Waals surface area (Å²) in [6.07, 6.45) is 3.13. The third-order valence-electron chi connectivity index (χ3n) is 2.21. The molecule has 0 aliphatic carbocycles. The number of ketones is 1. The van der Waals surface area contributed by atoms with Gasteiger partial charge in [-0.3, -0.25) is 9.59 Å². The Balaban J connectivity index is 2.57. The molecule has 0 radical (unpaired) electrons. The van der Waals surface area contributed by atoms with Gasteiger partial charge in [-0.1, -0.05) is 49.4 Å². The number of rotatable bonds is 5. The van der Waals surface area contributed by atoms with Gasteiger partial charge in [0.1, 0.15) is 6.42 Å². The van der Waals surface area contributed by atoms with Crippen LogP contribution in [0.25, 0.3) is 6.08 Å². The SMILES string of the molecule is CC(C=Cc1ccccc1)C(=O)CC(=O)O. The summed E-state index contributed by atoms with van der Waals surface area (Å²) in [5.41, 5.74) is 0.998. The Morgan fingerprint density at radius 1 is 1.31 bits per heavy atom. The number of hydrogen-bond donors (Lipinski definition) is 1. The maximum absolute atomic E-state index is 11.3. The molecule has 0 spiro atoms. The molecule has 0 bridgehead atoms. The summed E-state index contributed by atoms with van der Waals surface area (Å²) < 4.78 is 0. The number of aliphatic carboxylic acids is 1. The van der Waals surface area contributed by atoms with E-state index in [-0.39, 0.29) is 11.7 Å². The third kappa shape index (κ3) is 4.09. The largest absolute Gasteiger partial charge is 0.481 e. The highest BCUT2D eigenvalue weighted by molar-refractivity contribution is 5.96. The zero-order chi connectivity index (χ0) is 12.0. The Labute approximate surface area is 94.4 Å². The minimum atomic E-state index is -1.08. The highest BCUT2D eigenvalue weighted by Gasteiger charge is 2.13. The Morgan fingerprint density at radius 2 is 1.94 bits per heavy atom. The van der Waals surface area contributed by atoms with Crippen molar-refractivity contribution < 1.29 is 14.7 Å². The van der Waals surface area contributed by atoms with Gasteiger partial charge in [0.25, 0.3) is 0 Å². The lowest BCUT2D eigenvalue weighted by Crippen LogP contribution is -2.13. The Bertz CT molecular complexity index is 393. The molecule has 1 atom stereocenters. The molecule has 0 amide bonds. The summed E-state index contributed by atoms with van der Waals surface area (Å²) in [6.45, 7) is 1.70. The number of Topliss-reactive ketones (excluding diaryl/α,β-unsaturated/α-hetero) is 1. The van der Waals surface area contributed by atoms with E-state index in [0.717, 1.165) is 5.56 Å². The maximum atomic E-state index is 11.3. The first kappa shape index (κ1) is 12.2. The number of carbonyl (C=O) groups excluding carboxylic acids is 1. The standard InChI is InChI=1S/C13H14O3/c1-10(12(14)9-13(15)16)7-8-11-5-3-2-4-6-11/h2-8,10H,9H2,1H3,(H,15,16). The molecule has 1 aromatic rings. The summed E-state index contributed by atoms with van der Waals surface area (Å²) >= 11 is 0. The molecule has 0 heterocycles. The summed E-state index contributed by atoms with van der Waals surface area (Å²) in [4.78, 5) is 21.7. The van der Waals surface area contributed by atoms with Crippen LogP contribution in [-0.2, 0) is 9.59 Å². The van der Waals surface area contributed by atoms with Gasteiger partial charge in [0, 0.05) is 5.92 Å². The predicted octanol–water partition coefficient (Wildman–Crippen LogP) is 2.38. The molecule has 0 fully saturated rings. The number of allylic oxidation sites excluding steroid dienone is 1. The van der Waals surface area contributed by atoms with Gasteiger partial charge in [0.05, 0.1) is 0 Å². The molecule has 3 nitrogen and oxygen atoms in total. The van der Waals surface area contributed by atoms with E-state index >= 15 is 0 Å². The molecule has 16 heavy (non-hydrogen) atoms. The number of carbonyl (C=O) groups is 2. The second-order valence-corrected chi connectivity index (χ2v) is 3.60. The lowest BCUT2D eigenvalue weighted by molar-refractivity contribution is -0.140. The Morgan fingerprint density at radius 3 is 2.50 bits per heavy atom. The molecule has 3 heteroatoms. The van der Waals surface area contributed by atoms with Crippen LogP contribution in [0.3, 0.4) is 0 Å². The monoisotopic (exact) mass is 218 g/mol. The summed E-state index contributed by atoms with van der Waals surface area (Å²) in [5, 5.41) is 8.47. The molecular weight excluding hydrogens is 204 g/mol. The fourth-order valence-corrected chi connectivity index (χ4v) is 1.24. The van der Waals surface area contributed by atoms with Crippen molar-refractivity contribution >= 4 is 17.8 Å². The zero-order valence-corrected chi connectivity index (χ0v) is 9.09. The molecule has 0 aromatic heterocycles. The van der Waals surface area contributed by atoms with E-state index in [1.165, 1.54) is 0 Å². The van der Waals surface area contributed by atoms with Gasteiger partial charge in [-0.15, -0.1) is 0 Å². The molecule has 1 N–H and O–H groups in total. The normalized spacial score (nSPS) is 12.6. The van der Waals surface area contributed by atoms with Gasteiger partial charge in [-0.2, -0.15) is 0 Å². The van der Waals surface area contributed by atoms with Gasteiger partial charge in [-0.05, 0) is 5.56 Å². The number of hydrogen-bond acceptors (Lipinski definition) is 2. The second kappa shape index (κ2) is 5.85. The van der Waals surface area contributed by atoms with Crippen molar-refractivity contribution in [2.24, 2.45) is 5.92 Å². The second-order valence-electron chi connectivity index (χ2n) is 3.60. The van der Waals surface area contributed by atoms with Gasteiger partial charge in [-0.25, -0.2) is 0 Å². The quantitative estimate of drug-likeness (QED) is 0.772. The van der Waals surface area contributed by atoms with E-state index in [4.69, 9.17) is 5.11 Å². The molecule has 1 rings (SSSR count). The lowest BCUT2D eigenvalue weighted by atomic mass is 10.0. The van der Waals surface area contributed by atoms with Crippen molar-refractivity contribution in [1.29, 1.82) is 0 Å². The molecule has 0 aliphatic heterocycles. The zero-order valence-electron chi connectivity index (χ0n) is 9.09. The minimum absolute atomic E-state index is 0.278. The van der Waals surface area contributed by atoms with Crippen LogP contribution in [0.1, 0.15) is 18.9 Å². The first-order chi connectivity index (χ1) is 7.59. The van der Waals surface area contributed by atoms with Crippen LogP contribution in [0.4, 0.5) is 0 Å². The third-order valence-corrected chi connectivity index (χ3v) is 2.21. The van der Waals surface area contributed by atoms with Gasteiger partial charge >= 0.3 is 5.97 Å².